The second-order valence-electron chi connectivity index (χ2n) is 2.32. The van der Waals surface area contributed by atoms with E-state index >= 15 is 0 Å². The highest BCUT2D eigenvalue weighted by Gasteiger charge is 2.10. The molecule has 0 aliphatic carbocycles. The lowest BCUT2D eigenvalue weighted by atomic mass is 10.1. The van der Waals surface area contributed by atoms with Crippen LogP contribution in [0.2, 0.25) is 0 Å². The van der Waals surface area contributed by atoms with Gasteiger partial charge in [-0.25, -0.2) is 4.57 Å². The molecule has 13 heavy (non-hydrogen) atoms. The van der Waals surface area contributed by atoms with Crippen molar-refractivity contribution in [2.45, 2.75) is 26.7 Å². The van der Waals surface area contributed by atoms with E-state index < -0.39 is 13.9 Å². The predicted molar refractivity (Wildman–Crippen MR) is 44.9 cm³/mol. The molecule has 0 bridgehead atoms. The van der Waals surface area contributed by atoms with E-state index in [1.807, 2.05) is 13.8 Å². The summed E-state index contributed by atoms with van der Waals surface area (Å²) in [5.74, 6) is -0.801. The maximum Gasteiger partial charge on any atom is 0.507 e. The normalized spacial score (nSPS) is 10.6. The Kier molecular flexibility index (Phi) is 8.10. The van der Waals surface area contributed by atoms with Gasteiger partial charge in [-0.05, 0) is 12.8 Å². The lowest BCUT2D eigenvalue weighted by Crippen LogP contribution is -2.10. The monoisotopic (exact) mass is 216 g/mol. The van der Waals surface area contributed by atoms with Gasteiger partial charge in [-0.2, -0.15) is 0 Å². The van der Waals surface area contributed by atoms with Gasteiger partial charge in [0.1, 0.15) is 0 Å². The summed E-state index contributed by atoms with van der Waals surface area (Å²) >= 11 is 0. The molecule has 7 heteroatoms. The zero-order valence-corrected chi connectivity index (χ0v) is 8.37. The molecule has 0 aromatic rings. The average molecular weight is 216 g/mol. The Hall–Kier alpha value is -0.450. The molecule has 5 nitrogen and oxygen atoms in total. The van der Waals surface area contributed by atoms with Gasteiger partial charge in [-0.15, -0.1) is 4.20 Å². The highest BCUT2D eigenvalue weighted by atomic mass is 31.2. The molecule has 0 aromatic carbocycles. The second kappa shape index (κ2) is 7.00. The lowest BCUT2D eigenvalue weighted by molar-refractivity contribution is -0.141. The molecule has 0 fully saturated rings. The van der Waals surface area contributed by atoms with Gasteiger partial charge in [0, 0.05) is 0 Å². The summed E-state index contributed by atoms with van der Waals surface area (Å²) in [6, 6.07) is 0. The summed E-state index contributed by atoms with van der Waals surface area (Å²) in [6.07, 6.45) is 1.48. The molecule has 0 heterocycles. The first kappa shape index (κ1) is 15.0. The van der Waals surface area contributed by atoms with Gasteiger partial charge in [-0.3, -0.25) is 14.6 Å². The number of carbonyl (C=O) groups is 1. The molecular weight excluding hydrogens is 202 g/mol. The smallest absolute Gasteiger partial charge is 0.481 e. The van der Waals surface area contributed by atoms with Crippen LogP contribution in [0.4, 0.5) is 4.20 Å². The zero-order valence-electron chi connectivity index (χ0n) is 7.47. The number of carboxylic acids is 1. The summed E-state index contributed by atoms with van der Waals surface area (Å²) in [4.78, 5) is 24.1. The molecule has 0 aliphatic rings. The average Bonchev–Trinajstić information content (AvgIpc) is 1.85. The fraction of sp³-hybridized carbons (Fsp3) is 0.833. The number of rotatable bonds is 3. The molecule has 0 amide bonds. The molecule has 0 aromatic heterocycles. The molecule has 0 aliphatic heterocycles. The quantitative estimate of drug-likeness (QED) is 0.622. The third-order valence-electron chi connectivity index (χ3n) is 1.33. The summed E-state index contributed by atoms with van der Waals surface area (Å²) < 4.78 is 19.0. The van der Waals surface area contributed by atoms with Crippen LogP contribution in [0.5, 0.6) is 0 Å². The lowest BCUT2D eigenvalue weighted by Gasteiger charge is -2.02. The highest BCUT2D eigenvalue weighted by Crippen LogP contribution is 2.34. The van der Waals surface area contributed by atoms with Crippen molar-refractivity contribution < 1.29 is 28.4 Å². The number of halogens is 1. The fourth-order valence-electron chi connectivity index (χ4n) is 0.638. The van der Waals surface area contributed by atoms with Crippen LogP contribution >= 0.6 is 7.91 Å². The third kappa shape index (κ3) is 18.5. The molecule has 3 N–H and O–H groups in total. The first-order chi connectivity index (χ1) is 5.72. The Morgan fingerprint density at radius 1 is 1.38 bits per heavy atom. The zero-order chi connectivity index (χ0) is 11.1. The first-order valence-corrected chi connectivity index (χ1v) is 5.20. The van der Waals surface area contributed by atoms with Crippen molar-refractivity contribution in [2.75, 3.05) is 0 Å². The first-order valence-electron chi connectivity index (χ1n) is 3.70. The van der Waals surface area contributed by atoms with Crippen molar-refractivity contribution in [3.05, 3.63) is 0 Å². The summed E-state index contributed by atoms with van der Waals surface area (Å²) in [5, 5.41) is 8.37. The van der Waals surface area contributed by atoms with Gasteiger partial charge >= 0.3 is 13.9 Å². The van der Waals surface area contributed by atoms with Crippen LogP contribution in [0.15, 0.2) is 0 Å². The number of hydrogen-bond acceptors (Lipinski definition) is 2. The summed E-state index contributed by atoms with van der Waals surface area (Å²) in [7, 11) is -5.14. The van der Waals surface area contributed by atoms with Crippen LogP contribution in [0.1, 0.15) is 26.7 Å². The SMILES string of the molecule is CCC(CC)C(=O)O.O=P(O)(O)F. The van der Waals surface area contributed by atoms with Gasteiger partial charge in [-0.1, -0.05) is 13.8 Å². The maximum absolute atomic E-state index is 10.4. The minimum absolute atomic E-state index is 0.130. The van der Waals surface area contributed by atoms with Gasteiger partial charge in [0.15, 0.2) is 0 Å². The Morgan fingerprint density at radius 3 is 1.62 bits per heavy atom. The van der Waals surface area contributed by atoms with Crippen LogP contribution in [0, 0.1) is 5.92 Å². The minimum atomic E-state index is -5.14. The topological polar surface area (TPSA) is 94.8 Å². The molecule has 0 rings (SSSR count). The van der Waals surface area contributed by atoms with E-state index in [4.69, 9.17) is 19.5 Å². The van der Waals surface area contributed by atoms with E-state index in [1.165, 1.54) is 0 Å². The van der Waals surface area contributed by atoms with Gasteiger partial charge in [0.05, 0.1) is 5.92 Å². The number of hydrogen-bond donors (Lipinski definition) is 3. The van der Waals surface area contributed by atoms with Crippen molar-refractivity contribution in [3.63, 3.8) is 0 Å². The van der Waals surface area contributed by atoms with E-state index in [9.17, 15) is 8.99 Å². The van der Waals surface area contributed by atoms with E-state index in [1.54, 1.807) is 0 Å². The molecular formula is C6H14FO5P. The fourth-order valence-corrected chi connectivity index (χ4v) is 0.638. The Labute approximate surface area is 75.9 Å². The highest BCUT2D eigenvalue weighted by molar-refractivity contribution is 7.45. The molecule has 80 valence electrons. The largest absolute Gasteiger partial charge is 0.507 e. The van der Waals surface area contributed by atoms with Crippen molar-refractivity contribution in [3.8, 4) is 0 Å². The van der Waals surface area contributed by atoms with E-state index in [2.05, 4.69) is 0 Å². The Bertz CT molecular complexity index is 177. The van der Waals surface area contributed by atoms with Gasteiger partial charge in [0.2, 0.25) is 0 Å². The van der Waals surface area contributed by atoms with Crippen molar-refractivity contribution in [1.82, 2.24) is 0 Å². The summed E-state index contributed by atoms with van der Waals surface area (Å²) in [5.41, 5.74) is 0. The minimum Gasteiger partial charge on any atom is -0.481 e. The molecule has 0 radical (unpaired) electrons. The summed E-state index contributed by atoms with van der Waals surface area (Å²) in [6.45, 7) is 3.78. The van der Waals surface area contributed by atoms with Gasteiger partial charge in [0.25, 0.3) is 0 Å². The maximum atomic E-state index is 10.4. The standard InChI is InChI=1S/C6H12O2.FH2O3P/c1-3-5(4-2)6(7)8;1-5(2,3)4/h5H,3-4H2,1-2H3,(H,7,8);(H2,2,3,4). The Morgan fingerprint density at radius 2 is 1.62 bits per heavy atom. The van der Waals surface area contributed by atoms with Crippen molar-refractivity contribution >= 4 is 13.9 Å². The number of aliphatic carboxylic acids is 1. The van der Waals surface area contributed by atoms with Crippen LogP contribution in [-0.2, 0) is 9.36 Å². The van der Waals surface area contributed by atoms with E-state index in [-0.39, 0.29) is 5.92 Å². The van der Waals surface area contributed by atoms with Crippen LogP contribution in [0.25, 0.3) is 0 Å². The van der Waals surface area contributed by atoms with Crippen molar-refractivity contribution in [1.29, 1.82) is 0 Å². The molecule has 0 spiro atoms. The molecule has 0 atom stereocenters. The van der Waals surface area contributed by atoms with Crippen LogP contribution in [-0.4, -0.2) is 20.9 Å². The van der Waals surface area contributed by atoms with Crippen LogP contribution < -0.4 is 0 Å². The van der Waals surface area contributed by atoms with E-state index in [0.29, 0.717) is 0 Å². The molecule has 0 saturated carbocycles. The van der Waals surface area contributed by atoms with E-state index in [0.717, 1.165) is 12.8 Å². The van der Waals surface area contributed by atoms with Crippen molar-refractivity contribution in [2.24, 2.45) is 5.92 Å². The Balaban J connectivity index is 0. The second-order valence-corrected chi connectivity index (χ2v) is 3.27. The number of carboxylic acid groups (broad SMARTS) is 1. The predicted octanol–water partition coefficient (Wildman–Crippen LogP) is 1.56. The van der Waals surface area contributed by atoms with Gasteiger partial charge < -0.3 is 5.11 Å². The molecule has 0 unspecified atom stereocenters. The molecule has 0 saturated heterocycles. The van der Waals surface area contributed by atoms with Crippen LogP contribution in [0.3, 0.4) is 0 Å². The third-order valence-corrected chi connectivity index (χ3v) is 1.33.